The van der Waals surface area contributed by atoms with E-state index in [-0.39, 0.29) is 28.7 Å². The fourth-order valence-electron chi connectivity index (χ4n) is 1.65. The van der Waals surface area contributed by atoms with Crippen molar-refractivity contribution in [3.05, 3.63) is 33.3 Å². The number of benzene rings is 1. The molecule has 1 aliphatic rings. The van der Waals surface area contributed by atoms with Crippen molar-refractivity contribution in [2.45, 2.75) is 25.3 Å². The molecule has 0 aromatic heterocycles. The van der Waals surface area contributed by atoms with E-state index < -0.39 is 4.92 Å². The van der Waals surface area contributed by atoms with Crippen LogP contribution in [0.15, 0.2) is 18.2 Å². The van der Waals surface area contributed by atoms with Gasteiger partial charge in [0.15, 0.2) is 0 Å². The molecular weight excluding hydrogens is 270 g/mol. The van der Waals surface area contributed by atoms with E-state index >= 15 is 0 Å². The summed E-state index contributed by atoms with van der Waals surface area (Å²) in [5, 5.41) is 16.9. The Labute approximate surface area is 115 Å². The van der Waals surface area contributed by atoms with Crippen molar-refractivity contribution in [2.75, 3.05) is 11.9 Å². The van der Waals surface area contributed by atoms with Crippen LogP contribution in [0.1, 0.15) is 19.3 Å². The molecule has 0 saturated heterocycles. The number of nitro groups is 1. The van der Waals surface area contributed by atoms with Crippen LogP contribution < -0.4 is 10.6 Å². The van der Waals surface area contributed by atoms with Crippen LogP contribution >= 0.6 is 11.6 Å². The lowest BCUT2D eigenvalue weighted by molar-refractivity contribution is -0.383. The molecule has 1 aromatic rings. The van der Waals surface area contributed by atoms with E-state index in [4.69, 9.17) is 11.6 Å². The minimum atomic E-state index is -0.566. The van der Waals surface area contributed by atoms with Crippen molar-refractivity contribution in [1.29, 1.82) is 0 Å². The minimum absolute atomic E-state index is 0.172. The molecule has 19 heavy (non-hydrogen) atoms. The quantitative estimate of drug-likeness (QED) is 0.620. The fraction of sp³-hybridized carbons (Fsp3) is 0.417. The predicted octanol–water partition coefficient (Wildman–Crippen LogP) is 2.33. The Morgan fingerprint density at radius 3 is 2.84 bits per heavy atom. The smallest absolute Gasteiger partial charge is 0.294 e. The molecule has 1 aromatic carbocycles. The van der Waals surface area contributed by atoms with Crippen LogP contribution in [0.4, 0.5) is 11.4 Å². The molecule has 0 unspecified atom stereocenters. The summed E-state index contributed by atoms with van der Waals surface area (Å²) in [6, 6.07) is 4.71. The molecule has 1 aliphatic carbocycles. The number of nitrogens with zero attached hydrogens (tertiary/aromatic N) is 1. The van der Waals surface area contributed by atoms with E-state index in [2.05, 4.69) is 10.6 Å². The van der Waals surface area contributed by atoms with Crippen molar-refractivity contribution in [3.8, 4) is 0 Å². The highest BCUT2D eigenvalue weighted by molar-refractivity contribution is 6.31. The summed E-state index contributed by atoms with van der Waals surface area (Å²) in [6.45, 7) is 0.581. The maximum atomic E-state index is 11.7. The van der Waals surface area contributed by atoms with E-state index in [1.807, 2.05) is 0 Å². The van der Waals surface area contributed by atoms with Crippen LogP contribution in [0, 0.1) is 10.1 Å². The summed E-state index contributed by atoms with van der Waals surface area (Å²) in [5.41, 5.74) is -0.0261. The van der Waals surface area contributed by atoms with Gasteiger partial charge in [0, 0.05) is 30.1 Å². The summed E-state index contributed by atoms with van der Waals surface area (Å²) in [5.74, 6) is -0.251. The van der Waals surface area contributed by atoms with E-state index in [0.717, 1.165) is 12.8 Å². The maximum absolute atomic E-state index is 11.7. The number of halogens is 1. The molecule has 1 saturated carbocycles. The molecule has 1 fully saturated rings. The molecule has 0 heterocycles. The van der Waals surface area contributed by atoms with E-state index in [1.165, 1.54) is 18.2 Å². The van der Waals surface area contributed by atoms with Crippen LogP contribution in [-0.4, -0.2) is 23.4 Å². The number of anilines is 1. The summed E-state index contributed by atoms with van der Waals surface area (Å²) >= 11 is 5.70. The molecule has 2 rings (SSSR count). The Bertz CT molecular complexity index is 503. The Balaban J connectivity index is 1.93. The number of nitrogens with one attached hydrogen (secondary N) is 2. The average molecular weight is 284 g/mol. The summed E-state index contributed by atoms with van der Waals surface area (Å²) in [4.78, 5) is 22.0. The normalized spacial score (nSPS) is 14.2. The number of amides is 1. The second-order valence-corrected chi connectivity index (χ2v) is 4.88. The Kier molecular flexibility index (Phi) is 4.34. The molecule has 0 atom stereocenters. The van der Waals surface area contributed by atoms with E-state index in [9.17, 15) is 14.9 Å². The van der Waals surface area contributed by atoms with Crippen molar-refractivity contribution in [1.82, 2.24) is 5.32 Å². The molecule has 6 nitrogen and oxygen atoms in total. The molecule has 0 aliphatic heterocycles. The van der Waals surface area contributed by atoms with Gasteiger partial charge in [0.2, 0.25) is 5.91 Å². The van der Waals surface area contributed by atoms with Gasteiger partial charge in [-0.25, -0.2) is 0 Å². The number of hydrogen-bond acceptors (Lipinski definition) is 4. The highest BCUT2D eigenvalue weighted by atomic mass is 35.5. The van der Waals surface area contributed by atoms with Gasteiger partial charge in [-0.2, -0.15) is 0 Å². The third-order valence-electron chi connectivity index (χ3n) is 2.79. The molecular formula is C12H14ClN3O3. The van der Waals surface area contributed by atoms with Gasteiger partial charge in [0.1, 0.15) is 5.69 Å². The molecule has 0 spiro atoms. The third-order valence-corrected chi connectivity index (χ3v) is 3.03. The number of hydrogen-bond donors (Lipinski definition) is 2. The summed E-state index contributed by atoms with van der Waals surface area (Å²) in [7, 11) is 0. The highest BCUT2D eigenvalue weighted by Gasteiger charge is 2.20. The van der Waals surface area contributed by atoms with Gasteiger partial charge in [0.25, 0.3) is 5.69 Å². The zero-order valence-electron chi connectivity index (χ0n) is 10.2. The van der Waals surface area contributed by atoms with E-state index in [0.29, 0.717) is 12.6 Å². The lowest BCUT2D eigenvalue weighted by Crippen LogP contribution is -2.23. The van der Waals surface area contributed by atoms with Crippen molar-refractivity contribution >= 4 is 28.9 Å². The minimum Gasteiger partial charge on any atom is -0.320 e. The number of carbonyl (C=O) groups excluding carboxylic acids is 1. The highest BCUT2D eigenvalue weighted by Crippen LogP contribution is 2.27. The predicted molar refractivity (Wildman–Crippen MR) is 72.4 cm³/mol. The second-order valence-electron chi connectivity index (χ2n) is 4.45. The standard InChI is InChI=1S/C12H14ClN3O3/c13-8-1-4-10(11(7-8)16(18)19)15-12(17)5-6-14-9-2-3-9/h1,4,7,9,14H,2-3,5-6H2,(H,15,17). The maximum Gasteiger partial charge on any atom is 0.294 e. The van der Waals surface area contributed by atoms with Gasteiger partial charge < -0.3 is 10.6 Å². The first-order chi connectivity index (χ1) is 9.06. The van der Waals surface area contributed by atoms with Gasteiger partial charge in [-0.05, 0) is 25.0 Å². The van der Waals surface area contributed by atoms with Crippen molar-refractivity contribution in [2.24, 2.45) is 0 Å². The van der Waals surface area contributed by atoms with Crippen LogP contribution in [0.2, 0.25) is 5.02 Å². The van der Waals surface area contributed by atoms with Crippen LogP contribution in [0.3, 0.4) is 0 Å². The SMILES string of the molecule is O=C(CCNC1CC1)Nc1ccc(Cl)cc1[N+](=O)[O-]. The largest absolute Gasteiger partial charge is 0.320 e. The molecule has 1 amide bonds. The number of rotatable bonds is 6. The van der Waals surface area contributed by atoms with Crippen molar-refractivity contribution in [3.63, 3.8) is 0 Å². The van der Waals surface area contributed by atoms with Crippen LogP contribution in [-0.2, 0) is 4.79 Å². The topological polar surface area (TPSA) is 84.3 Å². The molecule has 7 heteroatoms. The zero-order valence-corrected chi connectivity index (χ0v) is 10.9. The average Bonchev–Trinajstić information content (AvgIpc) is 3.15. The van der Waals surface area contributed by atoms with Crippen molar-refractivity contribution < 1.29 is 9.72 Å². The number of carbonyl (C=O) groups is 1. The molecule has 0 radical (unpaired) electrons. The molecule has 0 bridgehead atoms. The van der Waals surface area contributed by atoms with Gasteiger partial charge in [-0.15, -0.1) is 0 Å². The Morgan fingerprint density at radius 1 is 1.47 bits per heavy atom. The fourth-order valence-corrected chi connectivity index (χ4v) is 1.82. The molecule has 102 valence electrons. The van der Waals surface area contributed by atoms with Crippen LogP contribution in [0.25, 0.3) is 0 Å². The number of nitro benzene ring substituents is 1. The zero-order chi connectivity index (χ0) is 13.8. The lowest BCUT2D eigenvalue weighted by Gasteiger charge is -2.06. The lowest BCUT2D eigenvalue weighted by atomic mass is 10.2. The third kappa shape index (κ3) is 4.18. The first-order valence-electron chi connectivity index (χ1n) is 6.03. The summed E-state index contributed by atoms with van der Waals surface area (Å²) < 4.78 is 0. The Morgan fingerprint density at radius 2 is 2.21 bits per heavy atom. The monoisotopic (exact) mass is 283 g/mol. The van der Waals surface area contributed by atoms with Gasteiger partial charge in [-0.3, -0.25) is 14.9 Å². The van der Waals surface area contributed by atoms with Crippen LogP contribution in [0.5, 0.6) is 0 Å². The van der Waals surface area contributed by atoms with E-state index in [1.54, 1.807) is 0 Å². The van der Waals surface area contributed by atoms with Gasteiger partial charge in [0.05, 0.1) is 4.92 Å². The first-order valence-corrected chi connectivity index (χ1v) is 6.41. The van der Waals surface area contributed by atoms with Gasteiger partial charge in [-0.1, -0.05) is 11.6 Å². The summed E-state index contributed by atoms with van der Waals surface area (Å²) in [6.07, 6.45) is 2.60. The molecule has 2 N–H and O–H groups in total. The first kappa shape index (κ1) is 13.8. The van der Waals surface area contributed by atoms with Gasteiger partial charge >= 0.3 is 0 Å². The second kappa shape index (κ2) is 5.99. The Hall–Kier alpha value is -1.66.